The highest BCUT2D eigenvalue weighted by Gasteiger charge is 2.04. The minimum atomic E-state index is 0.0186. The quantitative estimate of drug-likeness (QED) is 0.599. The summed E-state index contributed by atoms with van der Waals surface area (Å²) in [5.74, 6) is 0.0186. The van der Waals surface area contributed by atoms with Gasteiger partial charge in [0.15, 0.2) is 11.7 Å². The zero-order chi connectivity index (χ0) is 9.26. The van der Waals surface area contributed by atoms with Crippen LogP contribution in [-0.4, -0.2) is 4.98 Å². The number of nitriles is 2. The molecule has 0 bridgehead atoms. The molecular formula is C9H3N3O. The molecule has 0 amide bonds. The van der Waals surface area contributed by atoms with Crippen LogP contribution >= 0.6 is 0 Å². The Morgan fingerprint density at radius 1 is 1.23 bits per heavy atom. The zero-order valence-corrected chi connectivity index (χ0v) is 6.48. The third kappa shape index (κ3) is 1.11. The molecule has 0 radical (unpaired) electrons. The Morgan fingerprint density at radius 2 is 2.08 bits per heavy atom. The van der Waals surface area contributed by atoms with Crippen LogP contribution < -0.4 is 0 Å². The summed E-state index contributed by atoms with van der Waals surface area (Å²) in [4.78, 5) is 3.87. The van der Waals surface area contributed by atoms with Crippen molar-refractivity contribution in [3.8, 4) is 12.1 Å². The molecule has 1 heterocycles. The molecule has 4 heteroatoms. The van der Waals surface area contributed by atoms with Crippen molar-refractivity contribution < 1.29 is 4.42 Å². The van der Waals surface area contributed by atoms with E-state index in [0.29, 0.717) is 16.7 Å². The maximum Gasteiger partial charge on any atom is 0.301 e. The van der Waals surface area contributed by atoms with Crippen molar-refractivity contribution in [1.29, 1.82) is 10.5 Å². The zero-order valence-electron chi connectivity index (χ0n) is 6.48. The van der Waals surface area contributed by atoms with Gasteiger partial charge in [0.2, 0.25) is 0 Å². The average Bonchev–Trinajstić information content (AvgIpc) is 2.58. The Kier molecular flexibility index (Phi) is 1.47. The molecule has 0 saturated heterocycles. The van der Waals surface area contributed by atoms with E-state index < -0.39 is 0 Å². The number of oxazole rings is 1. The summed E-state index contributed by atoms with van der Waals surface area (Å²) in [6, 6.07) is 8.61. The summed E-state index contributed by atoms with van der Waals surface area (Å²) in [7, 11) is 0. The molecule has 0 fully saturated rings. The molecular weight excluding hydrogens is 166 g/mol. The first-order chi connectivity index (χ1) is 6.33. The summed E-state index contributed by atoms with van der Waals surface area (Å²) in [5, 5.41) is 17.1. The molecule has 0 atom stereocenters. The SMILES string of the molecule is N#Cc1ccc2nc(C#N)oc2c1. The van der Waals surface area contributed by atoms with E-state index in [-0.39, 0.29) is 5.89 Å². The number of aromatic nitrogens is 1. The van der Waals surface area contributed by atoms with Crippen LogP contribution in [0.1, 0.15) is 11.5 Å². The second-order valence-electron chi connectivity index (χ2n) is 2.43. The van der Waals surface area contributed by atoms with Crippen molar-refractivity contribution in [1.82, 2.24) is 4.98 Å². The van der Waals surface area contributed by atoms with Gasteiger partial charge in [0.05, 0.1) is 11.6 Å². The molecule has 1 aromatic carbocycles. The van der Waals surface area contributed by atoms with E-state index >= 15 is 0 Å². The first-order valence-corrected chi connectivity index (χ1v) is 3.54. The highest BCUT2D eigenvalue weighted by atomic mass is 16.3. The largest absolute Gasteiger partial charge is 0.428 e. The Hall–Kier alpha value is -2.33. The lowest BCUT2D eigenvalue weighted by atomic mass is 10.2. The number of rotatable bonds is 0. The topological polar surface area (TPSA) is 73.6 Å². The smallest absolute Gasteiger partial charge is 0.301 e. The minimum Gasteiger partial charge on any atom is -0.428 e. The van der Waals surface area contributed by atoms with Gasteiger partial charge >= 0.3 is 5.89 Å². The van der Waals surface area contributed by atoms with Crippen LogP contribution in [0.2, 0.25) is 0 Å². The molecule has 0 saturated carbocycles. The Balaban J connectivity index is 2.74. The number of benzene rings is 1. The fourth-order valence-electron chi connectivity index (χ4n) is 1.04. The van der Waals surface area contributed by atoms with Crippen LogP contribution in [0.3, 0.4) is 0 Å². The summed E-state index contributed by atoms with van der Waals surface area (Å²) >= 11 is 0. The first-order valence-electron chi connectivity index (χ1n) is 3.54. The summed E-state index contributed by atoms with van der Waals surface area (Å²) in [5.41, 5.74) is 1.55. The van der Waals surface area contributed by atoms with Gasteiger partial charge in [-0.25, -0.2) is 0 Å². The Bertz CT molecular complexity index is 530. The van der Waals surface area contributed by atoms with E-state index in [9.17, 15) is 0 Å². The van der Waals surface area contributed by atoms with Gasteiger partial charge in [-0.05, 0) is 12.1 Å². The molecule has 4 nitrogen and oxygen atoms in total. The lowest BCUT2D eigenvalue weighted by molar-refractivity contribution is 0.584. The Morgan fingerprint density at radius 3 is 2.77 bits per heavy atom. The molecule has 0 spiro atoms. The molecule has 1 aromatic heterocycles. The lowest BCUT2D eigenvalue weighted by Crippen LogP contribution is -1.72. The van der Waals surface area contributed by atoms with Crippen LogP contribution in [0.4, 0.5) is 0 Å². The molecule has 60 valence electrons. The molecule has 13 heavy (non-hydrogen) atoms. The van der Waals surface area contributed by atoms with E-state index in [1.165, 1.54) is 0 Å². The molecule has 0 aliphatic heterocycles. The van der Waals surface area contributed by atoms with E-state index in [1.54, 1.807) is 24.3 Å². The number of fused-ring (bicyclic) bond motifs is 1. The number of hydrogen-bond donors (Lipinski definition) is 0. The maximum atomic E-state index is 8.58. The highest BCUT2D eigenvalue weighted by Crippen LogP contribution is 2.16. The van der Waals surface area contributed by atoms with E-state index in [0.717, 1.165) is 0 Å². The van der Waals surface area contributed by atoms with Gasteiger partial charge < -0.3 is 4.42 Å². The van der Waals surface area contributed by atoms with E-state index in [2.05, 4.69) is 4.98 Å². The van der Waals surface area contributed by atoms with Crippen LogP contribution in [0.5, 0.6) is 0 Å². The van der Waals surface area contributed by atoms with E-state index in [1.807, 2.05) is 6.07 Å². The van der Waals surface area contributed by atoms with Crippen molar-refractivity contribution in [2.24, 2.45) is 0 Å². The average molecular weight is 169 g/mol. The fourth-order valence-corrected chi connectivity index (χ4v) is 1.04. The summed E-state index contributed by atoms with van der Waals surface area (Å²) < 4.78 is 5.04. The van der Waals surface area contributed by atoms with Gasteiger partial charge in [0, 0.05) is 6.07 Å². The van der Waals surface area contributed by atoms with Gasteiger partial charge in [-0.15, -0.1) is 0 Å². The van der Waals surface area contributed by atoms with Crippen LogP contribution in [0.15, 0.2) is 22.6 Å². The molecule has 0 unspecified atom stereocenters. The molecule has 0 aliphatic carbocycles. The van der Waals surface area contributed by atoms with Gasteiger partial charge in [0.1, 0.15) is 5.52 Å². The minimum absolute atomic E-state index is 0.0186. The maximum absolute atomic E-state index is 8.58. The summed E-state index contributed by atoms with van der Waals surface area (Å²) in [6.45, 7) is 0. The third-order valence-corrected chi connectivity index (χ3v) is 1.61. The van der Waals surface area contributed by atoms with Crippen LogP contribution in [-0.2, 0) is 0 Å². The highest BCUT2D eigenvalue weighted by molar-refractivity contribution is 5.74. The molecule has 0 N–H and O–H groups in total. The number of hydrogen-bond acceptors (Lipinski definition) is 4. The predicted molar refractivity (Wildman–Crippen MR) is 43.4 cm³/mol. The number of nitrogens with zero attached hydrogens (tertiary/aromatic N) is 3. The van der Waals surface area contributed by atoms with Gasteiger partial charge in [-0.2, -0.15) is 15.5 Å². The summed E-state index contributed by atoms with van der Waals surface area (Å²) in [6.07, 6.45) is 0. The van der Waals surface area contributed by atoms with Gasteiger partial charge in [-0.1, -0.05) is 0 Å². The van der Waals surface area contributed by atoms with E-state index in [4.69, 9.17) is 14.9 Å². The van der Waals surface area contributed by atoms with Crippen molar-refractivity contribution in [3.05, 3.63) is 29.7 Å². The van der Waals surface area contributed by atoms with Gasteiger partial charge in [-0.3, -0.25) is 0 Å². The predicted octanol–water partition coefficient (Wildman–Crippen LogP) is 1.57. The fraction of sp³-hybridized carbons (Fsp3) is 0. The first kappa shape index (κ1) is 7.33. The second-order valence-corrected chi connectivity index (χ2v) is 2.43. The normalized spacial score (nSPS) is 9.38. The standard InChI is InChI=1S/C9H3N3O/c10-4-6-1-2-7-8(3-6)13-9(5-11)12-7/h1-3H. The molecule has 2 aromatic rings. The van der Waals surface area contributed by atoms with Crippen molar-refractivity contribution in [3.63, 3.8) is 0 Å². The lowest BCUT2D eigenvalue weighted by Gasteiger charge is -1.85. The van der Waals surface area contributed by atoms with Crippen molar-refractivity contribution in [2.75, 3.05) is 0 Å². The third-order valence-electron chi connectivity index (χ3n) is 1.61. The molecule has 0 aliphatic rings. The van der Waals surface area contributed by atoms with Crippen molar-refractivity contribution in [2.45, 2.75) is 0 Å². The Labute approximate surface area is 73.6 Å². The van der Waals surface area contributed by atoms with Crippen LogP contribution in [0.25, 0.3) is 11.1 Å². The van der Waals surface area contributed by atoms with Crippen LogP contribution in [0, 0.1) is 22.7 Å². The molecule has 2 rings (SSSR count). The monoisotopic (exact) mass is 169 g/mol. The van der Waals surface area contributed by atoms with Crippen molar-refractivity contribution >= 4 is 11.1 Å². The van der Waals surface area contributed by atoms with Gasteiger partial charge in [0.25, 0.3) is 0 Å². The second kappa shape index (κ2) is 2.62.